The van der Waals surface area contributed by atoms with Crippen LogP contribution in [0.2, 0.25) is 25.7 Å². The second-order valence-electron chi connectivity index (χ2n) is 16.2. The number of halogens is 1. The van der Waals surface area contributed by atoms with Gasteiger partial charge in [-0.3, -0.25) is 4.79 Å². The Morgan fingerprint density at radius 2 is 0.841 bits per heavy atom. The molecule has 4 aromatic rings. The maximum Gasteiger partial charge on any atom is 0.338 e. The first-order chi connectivity index (χ1) is 30.2. The molecule has 0 spiro atoms. The summed E-state index contributed by atoms with van der Waals surface area (Å²) >= 11 is 5.96. The number of hydrogen-bond acceptors (Lipinski definition) is 14. The fraction of sp³-hybridized carbons (Fsp3) is 0.383. The van der Waals surface area contributed by atoms with Gasteiger partial charge in [0.05, 0.1) is 34.5 Å². The van der Waals surface area contributed by atoms with Crippen LogP contribution in [-0.2, 0) is 47.4 Å². The molecule has 4 aromatic carbocycles. The Labute approximate surface area is 371 Å². The lowest BCUT2D eigenvalue weighted by molar-refractivity contribution is -0.351. The topological polar surface area (TPSA) is 168 Å². The van der Waals surface area contributed by atoms with Crippen LogP contribution in [0.4, 0.5) is 0 Å². The normalized spacial score (nSPS) is 25.8. The van der Waals surface area contributed by atoms with E-state index < -0.39 is 105 Å². The highest BCUT2D eigenvalue weighted by atomic mass is 35.5. The Morgan fingerprint density at radius 1 is 0.492 bits per heavy atom. The molecular formula is C47H51ClO14Si. The third kappa shape index (κ3) is 12.6. The van der Waals surface area contributed by atoms with E-state index in [9.17, 15) is 24.0 Å². The first kappa shape index (κ1) is 47.1. The number of benzene rings is 4. The highest BCUT2D eigenvalue weighted by Crippen LogP contribution is 2.36. The van der Waals surface area contributed by atoms with Gasteiger partial charge >= 0.3 is 29.8 Å². The molecule has 0 bridgehead atoms. The van der Waals surface area contributed by atoms with E-state index in [-0.39, 0.29) is 28.9 Å². The van der Waals surface area contributed by atoms with E-state index in [0.717, 1.165) is 6.04 Å². The number of carbonyl (C=O) groups is 5. The van der Waals surface area contributed by atoms with Gasteiger partial charge in [0.15, 0.2) is 43.1 Å². The smallest absolute Gasteiger partial charge is 0.338 e. The average molecular weight is 903 g/mol. The summed E-state index contributed by atoms with van der Waals surface area (Å²) in [6.45, 7) is 9.95. The van der Waals surface area contributed by atoms with Crippen molar-refractivity contribution >= 4 is 49.5 Å². The van der Waals surface area contributed by atoms with Gasteiger partial charge in [-0.25, -0.2) is 19.2 Å². The lowest BCUT2D eigenvalue weighted by Crippen LogP contribution is -2.66. The van der Waals surface area contributed by atoms with Gasteiger partial charge in [0, 0.05) is 14.7 Å². The zero-order valence-electron chi connectivity index (χ0n) is 35.5. The Bertz CT molecular complexity index is 2140. The van der Waals surface area contributed by atoms with Crippen LogP contribution in [0, 0.1) is 0 Å². The minimum Gasteiger partial charge on any atom is -0.453 e. The van der Waals surface area contributed by atoms with Gasteiger partial charge in [0.2, 0.25) is 0 Å². The molecule has 2 aliphatic rings. The minimum absolute atomic E-state index is 0.120. The third-order valence-corrected chi connectivity index (χ3v) is 12.2. The molecule has 0 radical (unpaired) electrons. The van der Waals surface area contributed by atoms with E-state index in [0.29, 0.717) is 0 Å². The average Bonchev–Trinajstić information content (AvgIpc) is 3.28. The predicted octanol–water partition coefficient (Wildman–Crippen LogP) is 7.27. The molecule has 16 heteroatoms. The van der Waals surface area contributed by atoms with Crippen LogP contribution in [0.3, 0.4) is 0 Å². The molecule has 14 nitrogen and oxygen atoms in total. The molecule has 0 N–H and O–H groups in total. The van der Waals surface area contributed by atoms with Crippen molar-refractivity contribution in [2.24, 2.45) is 0 Å². The van der Waals surface area contributed by atoms with E-state index >= 15 is 0 Å². The van der Waals surface area contributed by atoms with E-state index in [1.165, 1.54) is 24.3 Å². The van der Waals surface area contributed by atoms with Crippen LogP contribution in [-0.4, -0.2) is 112 Å². The van der Waals surface area contributed by atoms with Crippen molar-refractivity contribution in [1.82, 2.24) is 0 Å². The van der Waals surface area contributed by atoms with Crippen molar-refractivity contribution in [2.45, 2.75) is 101 Å². The first-order valence-corrected chi connectivity index (χ1v) is 24.8. The summed E-state index contributed by atoms with van der Waals surface area (Å²) in [7, 11) is -1.66. The first-order valence-electron chi connectivity index (χ1n) is 20.6. The molecule has 0 amide bonds. The van der Waals surface area contributed by atoms with Crippen LogP contribution in [0.5, 0.6) is 0 Å². The van der Waals surface area contributed by atoms with E-state index in [2.05, 4.69) is 19.6 Å². The Kier molecular flexibility index (Phi) is 16.3. The molecule has 0 aromatic heterocycles. The van der Waals surface area contributed by atoms with Crippen molar-refractivity contribution in [2.75, 3.05) is 12.5 Å². The highest BCUT2D eigenvalue weighted by Gasteiger charge is 2.57. The number of esters is 5. The lowest BCUT2D eigenvalue weighted by Gasteiger charge is -2.48. The summed E-state index contributed by atoms with van der Waals surface area (Å²) in [4.78, 5) is 68.3. The zero-order valence-corrected chi connectivity index (χ0v) is 37.3. The standard InChI is InChI=1S/C47H51ClO14Si/c1-29-37(59-43(51)32-20-12-7-13-21-32)39(40(46(55-29)54-26-27-63(3,4)5)60-44(52)33-22-14-8-15-23-33)62-47-41(61-45(53)34-24-16-9-17-25-34)38(57-35(49)28-48)36(30(2)56-47)58-42(50)31-18-10-6-11-19-31/h6-25,29-30,36-41,46-47H,26-28H2,1-5H3/t29-,30-,36-,37-,38+,39+,40+,41+,46+,47-/m0/s1. The van der Waals surface area contributed by atoms with Gasteiger partial charge in [-0.15, -0.1) is 11.6 Å². The molecule has 2 fully saturated rings. The zero-order chi connectivity index (χ0) is 45.1. The van der Waals surface area contributed by atoms with Crippen LogP contribution in [0.25, 0.3) is 0 Å². The summed E-state index contributed by atoms with van der Waals surface area (Å²) in [5, 5.41) is 0. The van der Waals surface area contributed by atoms with E-state index in [1.807, 2.05) is 0 Å². The van der Waals surface area contributed by atoms with E-state index in [4.69, 9.17) is 54.2 Å². The van der Waals surface area contributed by atoms with Crippen molar-refractivity contribution < 1.29 is 66.6 Å². The summed E-state index contributed by atoms with van der Waals surface area (Å²) in [6.07, 6.45) is -13.9. The Hall–Kier alpha value is -5.42. The van der Waals surface area contributed by atoms with Crippen molar-refractivity contribution in [1.29, 1.82) is 0 Å². The van der Waals surface area contributed by atoms with Crippen LogP contribution in [0.1, 0.15) is 55.3 Å². The third-order valence-electron chi connectivity index (χ3n) is 10.3. The van der Waals surface area contributed by atoms with Crippen LogP contribution < -0.4 is 0 Å². The molecule has 2 saturated heterocycles. The predicted molar refractivity (Wildman–Crippen MR) is 231 cm³/mol. The fourth-order valence-corrected chi connectivity index (χ4v) is 7.73. The van der Waals surface area contributed by atoms with Gasteiger partial charge in [-0.05, 0) is 68.4 Å². The summed E-state index contributed by atoms with van der Waals surface area (Å²) in [5.41, 5.74) is 0.714. The Morgan fingerprint density at radius 3 is 1.22 bits per heavy atom. The summed E-state index contributed by atoms with van der Waals surface area (Å²) in [6, 6.07) is 33.2. The second kappa shape index (κ2) is 21.8. The quantitative estimate of drug-likeness (QED) is 0.0476. The molecule has 0 aliphatic carbocycles. The fourth-order valence-electron chi connectivity index (χ4n) is 6.94. The molecule has 2 aliphatic heterocycles. The summed E-state index contributed by atoms with van der Waals surface area (Å²) in [5.74, 6) is -4.73. The van der Waals surface area contributed by atoms with Crippen LogP contribution >= 0.6 is 11.6 Å². The van der Waals surface area contributed by atoms with Crippen LogP contribution in [0.15, 0.2) is 121 Å². The molecule has 0 unspecified atom stereocenters. The second-order valence-corrected chi connectivity index (χ2v) is 22.1. The van der Waals surface area contributed by atoms with Crippen molar-refractivity contribution in [3.05, 3.63) is 144 Å². The van der Waals surface area contributed by atoms with Gasteiger partial charge in [-0.2, -0.15) is 0 Å². The van der Waals surface area contributed by atoms with E-state index in [1.54, 1.807) is 111 Å². The summed E-state index contributed by atoms with van der Waals surface area (Å²) < 4.78 is 56.2. The maximum absolute atomic E-state index is 13.9. The molecule has 0 saturated carbocycles. The molecule has 334 valence electrons. The molecule has 63 heavy (non-hydrogen) atoms. The number of ether oxygens (including phenoxy) is 9. The number of rotatable bonds is 16. The number of carbonyl (C=O) groups excluding carboxylic acids is 5. The van der Waals surface area contributed by atoms with Gasteiger partial charge in [-0.1, -0.05) is 92.4 Å². The van der Waals surface area contributed by atoms with Gasteiger partial charge in [0.25, 0.3) is 0 Å². The maximum atomic E-state index is 13.9. The lowest BCUT2D eigenvalue weighted by atomic mass is 9.96. The number of alkyl halides is 1. The monoisotopic (exact) mass is 902 g/mol. The highest BCUT2D eigenvalue weighted by molar-refractivity contribution is 6.76. The van der Waals surface area contributed by atoms with Crippen molar-refractivity contribution in [3.63, 3.8) is 0 Å². The number of hydrogen-bond donors (Lipinski definition) is 0. The molecule has 6 rings (SSSR count). The van der Waals surface area contributed by atoms with Gasteiger partial charge in [0.1, 0.15) is 12.0 Å². The molecule has 2 heterocycles. The largest absolute Gasteiger partial charge is 0.453 e. The SMILES string of the molecule is C[C@@H]1O[C@@H](O[C@@H]2[C@@H](OC(=O)c3ccccc3)[C@H](C)O[C@@H](OCC[Si](C)(C)C)[C@@H]2OC(=O)c2ccccc2)[C@H](OC(=O)c2ccccc2)[C@H](OC(=O)CCl)[C@H]1OC(=O)c1ccccc1. The molecular weight excluding hydrogens is 852 g/mol. The molecule has 10 atom stereocenters. The Balaban J connectivity index is 1.44. The minimum atomic E-state index is -1.69. The van der Waals surface area contributed by atoms with Gasteiger partial charge < -0.3 is 42.6 Å². The van der Waals surface area contributed by atoms with Crippen molar-refractivity contribution in [3.8, 4) is 0 Å².